The number of hydrogen-bond acceptors (Lipinski definition) is 4. The maximum Gasteiger partial charge on any atom is 0.272 e. The normalized spacial score (nSPS) is 10.4. The van der Waals surface area contributed by atoms with E-state index in [2.05, 4.69) is 0 Å². The lowest BCUT2D eigenvalue weighted by Crippen LogP contribution is -2.20. The second kappa shape index (κ2) is 6.78. The molecular weight excluding hydrogens is 279 g/mol. The summed E-state index contributed by atoms with van der Waals surface area (Å²) in [4.78, 5) is 12.0. The minimum atomic E-state index is -0.521. The first-order valence-corrected chi connectivity index (χ1v) is 6.06. The van der Waals surface area contributed by atoms with Crippen molar-refractivity contribution in [3.63, 3.8) is 0 Å². The molecule has 0 aliphatic heterocycles. The van der Waals surface area contributed by atoms with Crippen molar-refractivity contribution < 1.29 is 9.66 Å². The van der Waals surface area contributed by atoms with Gasteiger partial charge >= 0.3 is 0 Å². The summed E-state index contributed by atoms with van der Waals surface area (Å²) in [6.07, 6.45) is 0.816. The van der Waals surface area contributed by atoms with E-state index in [9.17, 15) is 10.1 Å². The van der Waals surface area contributed by atoms with E-state index in [0.717, 1.165) is 6.42 Å². The molecule has 100 valence electrons. The Morgan fingerprint density at radius 2 is 1.94 bits per heavy atom. The lowest BCUT2D eigenvalue weighted by atomic mass is 10.2. The highest BCUT2D eigenvalue weighted by molar-refractivity contribution is 6.39. The van der Waals surface area contributed by atoms with Gasteiger partial charge in [-0.05, 0) is 6.42 Å². The average molecular weight is 293 g/mol. The summed E-state index contributed by atoms with van der Waals surface area (Å²) >= 11 is 12.0. The predicted molar refractivity (Wildman–Crippen MR) is 72.9 cm³/mol. The first-order valence-electron chi connectivity index (χ1n) is 5.31. The molecule has 5 nitrogen and oxygen atoms in total. The minimum Gasteiger partial charge on any atom is -0.385 e. The average Bonchev–Trinajstić information content (AvgIpc) is 2.28. The third kappa shape index (κ3) is 3.73. The van der Waals surface area contributed by atoms with Crippen molar-refractivity contribution in [2.45, 2.75) is 6.42 Å². The number of nitro groups is 1. The Hall–Kier alpha value is -1.04. The molecule has 7 heteroatoms. The fraction of sp³-hybridized carbons (Fsp3) is 0.455. The molecule has 0 saturated carbocycles. The van der Waals surface area contributed by atoms with E-state index in [1.165, 1.54) is 12.1 Å². The van der Waals surface area contributed by atoms with Gasteiger partial charge in [0.15, 0.2) is 0 Å². The van der Waals surface area contributed by atoms with Crippen LogP contribution in [0.1, 0.15) is 6.42 Å². The van der Waals surface area contributed by atoms with Gasteiger partial charge in [-0.1, -0.05) is 23.2 Å². The van der Waals surface area contributed by atoms with Gasteiger partial charge in [-0.3, -0.25) is 10.1 Å². The first-order chi connectivity index (χ1) is 8.47. The minimum absolute atomic E-state index is 0.112. The molecule has 1 aromatic carbocycles. The van der Waals surface area contributed by atoms with Crippen LogP contribution in [0.2, 0.25) is 10.0 Å². The van der Waals surface area contributed by atoms with Crippen molar-refractivity contribution in [2.75, 3.05) is 32.2 Å². The number of hydrogen-bond donors (Lipinski definition) is 0. The molecule has 1 rings (SSSR count). The van der Waals surface area contributed by atoms with Crippen LogP contribution < -0.4 is 4.90 Å². The molecule has 0 aromatic heterocycles. The number of nitrogens with zero attached hydrogens (tertiary/aromatic N) is 2. The van der Waals surface area contributed by atoms with Crippen molar-refractivity contribution in [1.82, 2.24) is 0 Å². The van der Waals surface area contributed by atoms with Gasteiger partial charge in [0.2, 0.25) is 0 Å². The third-order valence-corrected chi connectivity index (χ3v) is 3.01. The van der Waals surface area contributed by atoms with E-state index in [1.54, 1.807) is 7.11 Å². The Bertz CT molecular complexity index is 417. The maximum absolute atomic E-state index is 10.7. The lowest BCUT2D eigenvalue weighted by Gasteiger charge is -2.21. The van der Waals surface area contributed by atoms with Gasteiger partial charge in [0, 0.05) is 39.4 Å². The number of rotatable bonds is 6. The number of benzene rings is 1. The van der Waals surface area contributed by atoms with Gasteiger partial charge in [0.1, 0.15) is 0 Å². The molecule has 0 unspecified atom stereocenters. The number of methoxy groups -OCH3 is 1. The topological polar surface area (TPSA) is 55.6 Å². The van der Waals surface area contributed by atoms with Crippen LogP contribution >= 0.6 is 23.2 Å². The van der Waals surface area contributed by atoms with Crippen LogP contribution in [-0.2, 0) is 4.74 Å². The van der Waals surface area contributed by atoms with Crippen LogP contribution in [0.25, 0.3) is 0 Å². The van der Waals surface area contributed by atoms with E-state index in [-0.39, 0.29) is 15.7 Å². The van der Waals surface area contributed by atoms with Gasteiger partial charge in [0.05, 0.1) is 20.7 Å². The molecule has 1 aromatic rings. The zero-order valence-electron chi connectivity index (χ0n) is 10.2. The second-order valence-electron chi connectivity index (χ2n) is 3.78. The quantitative estimate of drug-likeness (QED) is 0.458. The summed E-state index contributed by atoms with van der Waals surface area (Å²) in [7, 11) is 3.46. The Kier molecular flexibility index (Phi) is 5.65. The Balaban J connectivity index is 2.92. The van der Waals surface area contributed by atoms with Crippen LogP contribution in [0.5, 0.6) is 0 Å². The van der Waals surface area contributed by atoms with E-state index in [1.807, 2.05) is 11.9 Å². The maximum atomic E-state index is 10.7. The van der Waals surface area contributed by atoms with Gasteiger partial charge in [-0.25, -0.2) is 0 Å². The summed E-state index contributed by atoms with van der Waals surface area (Å²) in [6, 6.07) is 2.60. The molecule has 0 radical (unpaired) electrons. The number of nitro benzene ring substituents is 1. The highest BCUT2D eigenvalue weighted by Crippen LogP contribution is 2.36. The van der Waals surface area contributed by atoms with E-state index in [0.29, 0.717) is 18.8 Å². The summed E-state index contributed by atoms with van der Waals surface area (Å²) < 4.78 is 4.96. The molecule has 0 aliphatic carbocycles. The molecule has 0 amide bonds. The van der Waals surface area contributed by atoms with E-state index < -0.39 is 4.92 Å². The largest absolute Gasteiger partial charge is 0.385 e. The van der Waals surface area contributed by atoms with Gasteiger partial charge in [-0.2, -0.15) is 0 Å². The standard InChI is InChI=1S/C11H14Cl2N2O3/c1-14(4-3-5-18-2)11-9(12)6-8(15(16)17)7-10(11)13/h6-7H,3-5H2,1-2H3. The summed E-state index contributed by atoms with van der Waals surface area (Å²) in [5.74, 6) is 0. The van der Waals surface area contributed by atoms with E-state index >= 15 is 0 Å². The SMILES string of the molecule is COCCCN(C)c1c(Cl)cc([N+](=O)[O-])cc1Cl. The molecular formula is C11H14Cl2N2O3. The van der Waals surface area contributed by atoms with Gasteiger partial charge < -0.3 is 9.64 Å². The van der Waals surface area contributed by atoms with Crippen LogP contribution in [-0.4, -0.2) is 32.2 Å². The number of halogens is 2. The second-order valence-corrected chi connectivity index (χ2v) is 4.60. The number of ether oxygens (including phenoxy) is 1. The fourth-order valence-electron chi connectivity index (χ4n) is 1.58. The van der Waals surface area contributed by atoms with Crippen LogP contribution in [0.3, 0.4) is 0 Å². The molecule has 0 atom stereocenters. The van der Waals surface area contributed by atoms with Crippen LogP contribution in [0.4, 0.5) is 11.4 Å². The number of non-ortho nitro benzene ring substituents is 1. The number of anilines is 1. The predicted octanol–water partition coefficient (Wildman–Crippen LogP) is 3.37. The van der Waals surface area contributed by atoms with Gasteiger partial charge in [-0.15, -0.1) is 0 Å². The molecule has 0 saturated heterocycles. The molecule has 0 spiro atoms. The van der Waals surface area contributed by atoms with Crippen molar-refractivity contribution in [2.24, 2.45) is 0 Å². The van der Waals surface area contributed by atoms with Crippen LogP contribution in [0.15, 0.2) is 12.1 Å². The summed E-state index contributed by atoms with van der Waals surface area (Å²) in [5.41, 5.74) is 0.485. The Morgan fingerprint density at radius 1 is 1.39 bits per heavy atom. The molecule has 0 fully saturated rings. The molecule has 0 N–H and O–H groups in total. The molecule has 18 heavy (non-hydrogen) atoms. The highest BCUT2D eigenvalue weighted by Gasteiger charge is 2.17. The Morgan fingerprint density at radius 3 is 2.39 bits per heavy atom. The smallest absolute Gasteiger partial charge is 0.272 e. The van der Waals surface area contributed by atoms with Crippen molar-refractivity contribution in [3.8, 4) is 0 Å². The monoisotopic (exact) mass is 292 g/mol. The van der Waals surface area contributed by atoms with Crippen LogP contribution in [0, 0.1) is 10.1 Å². The van der Waals surface area contributed by atoms with Crippen molar-refractivity contribution in [3.05, 3.63) is 32.3 Å². The fourth-order valence-corrected chi connectivity index (χ4v) is 2.34. The third-order valence-electron chi connectivity index (χ3n) is 2.44. The first kappa shape index (κ1) is 15.0. The summed E-state index contributed by atoms with van der Waals surface area (Å²) in [5, 5.41) is 11.2. The zero-order valence-corrected chi connectivity index (χ0v) is 11.7. The highest BCUT2D eigenvalue weighted by atomic mass is 35.5. The van der Waals surface area contributed by atoms with Crippen molar-refractivity contribution in [1.29, 1.82) is 0 Å². The van der Waals surface area contributed by atoms with E-state index in [4.69, 9.17) is 27.9 Å². The molecule has 0 bridgehead atoms. The zero-order chi connectivity index (χ0) is 13.7. The molecule has 0 heterocycles. The van der Waals surface area contributed by atoms with Gasteiger partial charge in [0.25, 0.3) is 5.69 Å². The molecule has 0 aliphatic rings. The Labute approximate surface area is 115 Å². The summed E-state index contributed by atoms with van der Waals surface area (Å²) in [6.45, 7) is 1.33. The lowest BCUT2D eigenvalue weighted by molar-refractivity contribution is -0.384. The van der Waals surface area contributed by atoms with Crippen molar-refractivity contribution >= 4 is 34.6 Å².